The Morgan fingerprint density at radius 1 is 1.22 bits per heavy atom. The molecule has 124 valence electrons. The normalized spacial score (nSPS) is 17.5. The zero-order chi connectivity index (χ0) is 16.8. The van der Waals surface area contributed by atoms with Gasteiger partial charge in [-0.2, -0.15) is 0 Å². The van der Waals surface area contributed by atoms with E-state index in [4.69, 9.17) is 4.74 Å². The van der Waals surface area contributed by atoms with Crippen LogP contribution in [0.4, 0.5) is 5.69 Å². The van der Waals surface area contributed by atoms with E-state index in [0.29, 0.717) is 18.7 Å². The van der Waals surface area contributed by atoms with E-state index in [-0.39, 0.29) is 24.2 Å². The average molecular weight is 318 g/mol. The van der Waals surface area contributed by atoms with Crippen LogP contribution in [-0.4, -0.2) is 42.4 Å². The highest BCUT2D eigenvalue weighted by Crippen LogP contribution is 2.20. The van der Waals surface area contributed by atoms with Crippen molar-refractivity contribution in [2.45, 2.75) is 38.6 Å². The zero-order valence-electron chi connectivity index (χ0n) is 13.5. The SMILES string of the molecule is COC(=O)C1CCCCN1C(=O)Cc1ccc(NC(C)=O)cc1. The van der Waals surface area contributed by atoms with Gasteiger partial charge >= 0.3 is 5.97 Å². The number of anilines is 1. The van der Waals surface area contributed by atoms with Gasteiger partial charge in [0.1, 0.15) is 6.04 Å². The summed E-state index contributed by atoms with van der Waals surface area (Å²) in [6.07, 6.45) is 2.71. The summed E-state index contributed by atoms with van der Waals surface area (Å²) in [5.74, 6) is -0.561. The maximum Gasteiger partial charge on any atom is 0.328 e. The van der Waals surface area contributed by atoms with Gasteiger partial charge in [-0.1, -0.05) is 12.1 Å². The van der Waals surface area contributed by atoms with Gasteiger partial charge in [0, 0.05) is 19.2 Å². The summed E-state index contributed by atoms with van der Waals surface area (Å²) in [6, 6.07) is 6.66. The van der Waals surface area contributed by atoms with Crippen LogP contribution < -0.4 is 5.32 Å². The second kappa shape index (κ2) is 7.76. The van der Waals surface area contributed by atoms with E-state index < -0.39 is 6.04 Å². The third-order valence-corrected chi connectivity index (χ3v) is 3.93. The number of ether oxygens (including phenoxy) is 1. The summed E-state index contributed by atoms with van der Waals surface area (Å²) in [5, 5.41) is 2.68. The number of nitrogens with one attached hydrogen (secondary N) is 1. The van der Waals surface area contributed by atoms with Gasteiger partial charge in [0.05, 0.1) is 13.5 Å². The van der Waals surface area contributed by atoms with Gasteiger partial charge in [0.2, 0.25) is 11.8 Å². The Kier molecular flexibility index (Phi) is 5.73. The smallest absolute Gasteiger partial charge is 0.328 e. The average Bonchev–Trinajstić information content (AvgIpc) is 2.55. The summed E-state index contributed by atoms with van der Waals surface area (Å²) in [5.41, 5.74) is 1.54. The third kappa shape index (κ3) is 4.55. The molecule has 2 rings (SSSR count). The van der Waals surface area contributed by atoms with E-state index in [1.807, 2.05) is 0 Å². The first-order chi connectivity index (χ1) is 11.0. The van der Waals surface area contributed by atoms with Crippen LogP contribution in [0.5, 0.6) is 0 Å². The Labute approximate surface area is 135 Å². The molecule has 0 spiro atoms. The minimum Gasteiger partial charge on any atom is -0.467 e. The first-order valence-corrected chi connectivity index (χ1v) is 7.75. The topological polar surface area (TPSA) is 75.7 Å². The summed E-state index contributed by atoms with van der Waals surface area (Å²) in [6.45, 7) is 2.03. The minimum absolute atomic E-state index is 0.0765. The lowest BCUT2D eigenvalue weighted by Gasteiger charge is -2.33. The molecule has 0 aromatic heterocycles. The van der Waals surface area contributed by atoms with Gasteiger partial charge in [0.15, 0.2) is 0 Å². The monoisotopic (exact) mass is 318 g/mol. The fraction of sp³-hybridized carbons (Fsp3) is 0.471. The summed E-state index contributed by atoms with van der Waals surface area (Å²) in [7, 11) is 1.35. The van der Waals surface area contributed by atoms with Crippen molar-refractivity contribution in [3.63, 3.8) is 0 Å². The van der Waals surface area contributed by atoms with Gasteiger partial charge in [-0.15, -0.1) is 0 Å². The molecule has 1 aliphatic rings. The molecule has 2 amide bonds. The molecule has 1 aromatic carbocycles. The molecule has 1 unspecified atom stereocenters. The standard InChI is InChI=1S/C17H22N2O4/c1-12(20)18-14-8-6-13(7-9-14)11-16(21)19-10-4-3-5-15(19)17(22)23-2/h6-9,15H,3-5,10-11H2,1-2H3,(H,18,20). The largest absolute Gasteiger partial charge is 0.467 e. The molecule has 1 saturated heterocycles. The number of hydrogen-bond acceptors (Lipinski definition) is 4. The van der Waals surface area contributed by atoms with Crippen molar-refractivity contribution in [1.29, 1.82) is 0 Å². The Balaban J connectivity index is 2.02. The van der Waals surface area contributed by atoms with E-state index in [0.717, 1.165) is 18.4 Å². The molecular weight excluding hydrogens is 296 g/mol. The summed E-state index contributed by atoms with van der Waals surface area (Å²) >= 11 is 0. The third-order valence-electron chi connectivity index (χ3n) is 3.93. The molecule has 1 heterocycles. The van der Waals surface area contributed by atoms with E-state index in [1.165, 1.54) is 14.0 Å². The van der Waals surface area contributed by atoms with Gasteiger partial charge in [-0.25, -0.2) is 4.79 Å². The number of benzene rings is 1. The molecule has 1 fully saturated rings. The molecule has 6 nitrogen and oxygen atoms in total. The molecule has 0 bridgehead atoms. The lowest BCUT2D eigenvalue weighted by molar-refractivity contribution is -0.154. The molecular formula is C17H22N2O4. The molecule has 23 heavy (non-hydrogen) atoms. The number of rotatable bonds is 4. The molecule has 1 aromatic rings. The van der Waals surface area contributed by atoms with Crippen molar-refractivity contribution in [3.8, 4) is 0 Å². The van der Waals surface area contributed by atoms with Crippen molar-refractivity contribution in [1.82, 2.24) is 4.90 Å². The molecule has 0 saturated carbocycles. The molecule has 0 aliphatic carbocycles. The zero-order valence-corrected chi connectivity index (χ0v) is 13.5. The highest BCUT2D eigenvalue weighted by Gasteiger charge is 2.32. The van der Waals surface area contributed by atoms with Gasteiger partial charge in [-0.05, 0) is 37.0 Å². The van der Waals surface area contributed by atoms with Crippen molar-refractivity contribution < 1.29 is 19.1 Å². The number of nitrogens with zero attached hydrogens (tertiary/aromatic N) is 1. The second-order valence-corrected chi connectivity index (χ2v) is 5.68. The summed E-state index contributed by atoms with van der Waals surface area (Å²) < 4.78 is 4.80. The number of methoxy groups -OCH3 is 1. The molecule has 1 atom stereocenters. The van der Waals surface area contributed by atoms with E-state index in [9.17, 15) is 14.4 Å². The Bertz CT molecular complexity index is 583. The van der Waals surface area contributed by atoms with E-state index in [2.05, 4.69) is 5.32 Å². The Morgan fingerprint density at radius 3 is 2.52 bits per heavy atom. The van der Waals surface area contributed by atoms with Crippen LogP contribution in [-0.2, 0) is 25.5 Å². The minimum atomic E-state index is -0.472. The predicted molar refractivity (Wildman–Crippen MR) is 85.8 cm³/mol. The van der Waals surface area contributed by atoms with Crippen molar-refractivity contribution in [3.05, 3.63) is 29.8 Å². The molecule has 1 aliphatic heterocycles. The first kappa shape index (κ1) is 17.0. The van der Waals surface area contributed by atoms with Crippen LogP contribution in [0.1, 0.15) is 31.7 Å². The Hall–Kier alpha value is -2.37. The maximum absolute atomic E-state index is 12.5. The number of likely N-dealkylation sites (tertiary alicyclic amines) is 1. The summed E-state index contributed by atoms with van der Waals surface area (Å²) in [4.78, 5) is 37.0. The number of hydrogen-bond donors (Lipinski definition) is 1. The number of piperidine rings is 1. The maximum atomic E-state index is 12.5. The van der Waals surface area contributed by atoms with Crippen molar-refractivity contribution in [2.24, 2.45) is 0 Å². The Morgan fingerprint density at radius 2 is 1.91 bits per heavy atom. The highest BCUT2D eigenvalue weighted by atomic mass is 16.5. The molecule has 0 radical (unpaired) electrons. The molecule has 1 N–H and O–H groups in total. The molecule has 6 heteroatoms. The number of carbonyl (C=O) groups excluding carboxylic acids is 3. The fourth-order valence-corrected chi connectivity index (χ4v) is 2.80. The van der Waals surface area contributed by atoms with Gasteiger partial charge in [0.25, 0.3) is 0 Å². The van der Waals surface area contributed by atoms with Crippen LogP contribution in [0.2, 0.25) is 0 Å². The number of carbonyl (C=O) groups is 3. The van der Waals surface area contributed by atoms with Crippen LogP contribution in [0.3, 0.4) is 0 Å². The first-order valence-electron chi connectivity index (χ1n) is 7.75. The number of amides is 2. The predicted octanol–water partition coefficient (Wildman–Crippen LogP) is 1.74. The van der Waals surface area contributed by atoms with Crippen LogP contribution in [0, 0.1) is 0 Å². The fourth-order valence-electron chi connectivity index (χ4n) is 2.80. The van der Waals surface area contributed by atoms with E-state index in [1.54, 1.807) is 29.2 Å². The van der Waals surface area contributed by atoms with Gasteiger partial charge < -0.3 is 15.0 Å². The van der Waals surface area contributed by atoms with Gasteiger partial charge in [-0.3, -0.25) is 9.59 Å². The van der Waals surface area contributed by atoms with Crippen molar-refractivity contribution >= 4 is 23.5 Å². The van der Waals surface area contributed by atoms with E-state index >= 15 is 0 Å². The van der Waals surface area contributed by atoms with Crippen molar-refractivity contribution in [2.75, 3.05) is 19.0 Å². The van der Waals surface area contributed by atoms with Crippen LogP contribution >= 0.6 is 0 Å². The van der Waals surface area contributed by atoms with Crippen LogP contribution in [0.15, 0.2) is 24.3 Å². The highest BCUT2D eigenvalue weighted by molar-refractivity contribution is 5.89. The lowest BCUT2D eigenvalue weighted by atomic mass is 10.0. The quantitative estimate of drug-likeness (QED) is 0.858. The lowest BCUT2D eigenvalue weighted by Crippen LogP contribution is -2.49. The second-order valence-electron chi connectivity index (χ2n) is 5.68. The van der Waals surface area contributed by atoms with Crippen LogP contribution in [0.25, 0.3) is 0 Å². The number of esters is 1.